The van der Waals surface area contributed by atoms with Gasteiger partial charge in [-0.2, -0.15) is 4.98 Å². The van der Waals surface area contributed by atoms with E-state index in [2.05, 4.69) is 15.5 Å². The van der Waals surface area contributed by atoms with Gasteiger partial charge in [0, 0.05) is 32.0 Å². The fraction of sp³-hybridized carbons (Fsp3) is 0.778. The highest BCUT2D eigenvalue weighted by Gasteiger charge is 2.33. The first kappa shape index (κ1) is 18.8. The molecule has 2 fully saturated rings. The Hall–Kier alpha value is -1.96. The molecule has 8 nitrogen and oxygen atoms in total. The fourth-order valence-corrected chi connectivity index (χ4v) is 3.27. The second kappa shape index (κ2) is 8.16. The normalized spacial score (nSPS) is 19.6. The number of hydrogen-bond acceptors (Lipinski definition) is 6. The molecule has 2 aliphatic rings. The Kier molecular flexibility index (Phi) is 5.90. The topological polar surface area (TPSA) is 97.6 Å². The minimum Gasteiger partial charge on any atom is -0.375 e. The third-order valence-corrected chi connectivity index (χ3v) is 5.12. The molecule has 8 heteroatoms. The van der Waals surface area contributed by atoms with Crippen molar-refractivity contribution in [1.82, 2.24) is 20.4 Å². The van der Waals surface area contributed by atoms with Crippen LogP contribution in [0, 0.1) is 11.8 Å². The van der Waals surface area contributed by atoms with Gasteiger partial charge in [-0.1, -0.05) is 19.0 Å². The van der Waals surface area contributed by atoms with Crippen LogP contribution in [-0.4, -0.2) is 53.7 Å². The van der Waals surface area contributed by atoms with Crippen LogP contribution in [0.5, 0.6) is 0 Å². The molecule has 26 heavy (non-hydrogen) atoms. The van der Waals surface area contributed by atoms with Crippen LogP contribution in [0.2, 0.25) is 0 Å². The standard InChI is InChI=1S/C18H28N4O4/c1-11(2)15(18-20-16(21-26-18)12-4-5-12)19-17(24)13-6-8-22(9-7-13)14(23)10-25-3/h11-13,15H,4-10H2,1-3H3,(H,19,24)/t15-/m0/s1. The van der Waals surface area contributed by atoms with Crippen LogP contribution >= 0.6 is 0 Å². The largest absolute Gasteiger partial charge is 0.375 e. The Labute approximate surface area is 153 Å². The number of nitrogens with zero attached hydrogens (tertiary/aromatic N) is 3. The number of hydrogen-bond donors (Lipinski definition) is 1. The molecule has 0 spiro atoms. The summed E-state index contributed by atoms with van der Waals surface area (Å²) in [5.74, 6) is 1.68. The predicted octanol–water partition coefficient (Wildman–Crippen LogP) is 1.65. The smallest absolute Gasteiger partial charge is 0.249 e. The molecule has 1 N–H and O–H groups in total. The minimum atomic E-state index is -0.282. The third kappa shape index (κ3) is 4.41. The maximum atomic E-state index is 12.7. The van der Waals surface area contributed by atoms with E-state index in [-0.39, 0.29) is 36.3 Å². The van der Waals surface area contributed by atoms with Gasteiger partial charge in [0.25, 0.3) is 0 Å². The average molecular weight is 364 g/mol. The van der Waals surface area contributed by atoms with Crippen LogP contribution in [0.15, 0.2) is 4.52 Å². The Morgan fingerprint density at radius 3 is 2.54 bits per heavy atom. The lowest BCUT2D eigenvalue weighted by Gasteiger charge is -2.32. The number of piperidine rings is 1. The predicted molar refractivity (Wildman–Crippen MR) is 93.2 cm³/mol. The van der Waals surface area contributed by atoms with E-state index in [4.69, 9.17) is 9.26 Å². The first-order chi connectivity index (χ1) is 12.5. The molecule has 1 aliphatic heterocycles. The maximum absolute atomic E-state index is 12.7. The molecular weight excluding hydrogens is 336 g/mol. The molecule has 0 aromatic carbocycles. The Bertz CT molecular complexity index is 633. The van der Waals surface area contributed by atoms with Gasteiger partial charge in [-0.3, -0.25) is 9.59 Å². The molecule has 0 bridgehead atoms. The number of amides is 2. The Morgan fingerprint density at radius 1 is 1.27 bits per heavy atom. The van der Waals surface area contributed by atoms with Crippen molar-refractivity contribution in [1.29, 1.82) is 0 Å². The van der Waals surface area contributed by atoms with Gasteiger partial charge in [0.1, 0.15) is 12.6 Å². The molecule has 1 aliphatic carbocycles. The molecule has 2 heterocycles. The van der Waals surface area contributed by atoms with Gasteiger partial charge in [-0.25, -0.2) is 0 Å². The lowest BCUT2D eigenvalue weighted by molar-refractivity contribution is -0.139. The number of likely N-dealkylation sites (tertiary alicyclic amines) is 1. The lowest BCUT2D eigenvalue weighted by atomic mass is 9.94. The van der Waals surface area contributed by atoms with Crippen molar-refractivity contribution in [3.8, 4) is 0 Å². The van der Waals surface area contributed by atoms with E-state index in [9.17, 15) is 9.59 Å². The third-order valence-electron chi connectivity index (χ3n) is 5.12. The summed E-state index contributed by atoms with van der Waals surface area (Å²) < 4.78 is 10.3. The highest BCUT2D eigenvalue weighted by molar-refractivity contribution is 5.80. The first-order valence-electron chi connectivity index (χ1n) is 9.40. The summed E-state index contributed by atoms with van der Waals surface area (Å²) in [6.07, 6.45) is 3.53. The molecule has 3 rings (SSSR count). The van der Waals surface area contributed by atoms with E-state index < -0.39 is 0 Å². The second-order valence-corrected chi connectivity index (χ2v) is 7.58. The molecule has 1 saturated heterocycles. The first-order valence-corrected chi connectivity index (χ1v) is 9.40. The number of aromatic nitrogens is 2. The van der Waals surface area contributed by atoms with E-state index >= 15 is 0 Å². The van der Waals surface area contributed by atoms with E-state index in [1.807, 2.05) is 13.8 Å². The lowest BCUT2D eigenvalue weighted by Crippen LogP contribution is -2.45. The summed E-state index contributed by atoms with van der Waals surface area (Å²) in [7, 11) is 1.51. The van der Waals surface area contributed by atoms with Crippen molar-refractivity contribution in [2.75, 3.05) is 26.8 Å². The Morgan fingerprint density at radius 2 is 1.96 bits per heavy atom. The molecule has 144 valence electrons. The van der Waals surface area contributed by atoms with Crippen LogP contribution < -0.4 is 5.32 Å². The number of carbonyl (C=O) groups is 2. The number of nitrogens with one attached hydrogen (secondary N) is 1. The van der Waals surface area contributed by atoms with Crippen LogP contribution in [0.3, 0.4) is 0 Å². The molecular formula is C18H28N4O4. The zero-order chi connectivity index (χ0) is 18.7. The van der Waals surface area contributed by atoms with Gasteiger partial charge in [0.2, 0.25) is 17.7 Å². The molecule has 2 amide bonds. The fourth-order valence-electron chi connectivity index (χ4n) is 3.27. The molecule has 1 aromatic rings. The van der Waals surface area contributed by atoms with Crippen LogP contribution in [-0.2, 0) is 14.3 Å². The number of rotatable bonds is 7. The number of methoxy groups -OCH3 is 1. The zero-order valence-electron chi connectivity index (χ0n) is 15.7. The van der Waals surface area contributed by atoms with E-state index in [1.165, 1.54) is 7.11 Å². The van der Waals surface area contributed by atoms with Crippen molar-refractivity contribution in [3.05, 3.63) is 11.7 Å². The van der Waals surface area contributed by atoms with Gasteiger partial charge in [0.15, 0.2) is 5.82 Å². The van der Waals surface area contributed by atoms with Gasteiger partial charge in [0.05, 0.1) is 0 Å². The van der Waals surface area contributed by atoms with Crippen LogP contribution in [0.4, 0.5) is 0 Å². The van der Waals surface area contributed by atoms with Crippen molar-refractivity contribution in [2.24, 2.45) is 11.8 Å². The van der Waals surface area contributed by atoms with E-state index in [1.54, 1.807) is 4.90 Å². The van der Waals surface area contributed by atoms with E-state index in [0.717, 1.165) is 18.7 Å². The molecule has 1 saturated carbocycles. The van der Waals surface area contributed by atoms with Crippen molar-refractivity contribution in [3.63, 3.8) is 0 Å². The van der Waals surface area contributed by atoms with Crippen molar-refractivity contribution >= 4 is 11.8 Å². The van der Waals surface area contributed by atoms with Gasteiger partial charge >= 0.3 is 0 Å². The zero-order valence-corrected chi connectivity index (χ0v) is 15.7. The molecule has 0 unspecified atom stereocenters. The quantitative estimate of drug-likeness (QED) is 0.790. The average Bonchev–Trinajstić information content (AvgIpc) is 3.37. The molecule has 1 aromatic heterocycles. The Balaban J connectivity index is 1.56. The van der Waals surface area contributed by atoms with Gasteiger partial charge in [-0.15, -0.1) is 0 Å². The van der Waals surface area contributed by atoms with Crippen LogP contribution in [0.1, 0.15) is 63.2 Å². The number of carbonyl (C=O) groups excluding carboxylic acids is 2. The maximum Gasteiger partial charge on any atom is 0.249 e. The van der Waals surface area contributed by atoms with E-state index in [0.29, 0.717) is 37.7 Å². The summed E-state index contributed by atoms with van der Waals surface area (Å²) in [6, 6.07) is -0.282. The second-order valence-electron chi connectivity index (χ2n) is 7.58. The molecule has 1 atom stereocenters. The van der Waals surface area contributed by atoms with Crippen molar-refractivity contribution in [2.45, 2.75) is 51.5 Å². The van der Waals surface area contributed by atoms with Gasteiger partial charge < -0.3 is 19.5 Å². The van der Waals surface area contributed by atoms with Crippen LogP contribution in [0.25, 0.3) is 0 Å². The summed E-state index contributed by atoms with van der Waals surface area (Å²) in [6.45, 7) is 5.31. The van der Waals surface area contributed by atoms with Crippen molar-refractivity contribution < 1.29 is 18.8 Å². The summed E-state index contributed by atoms with van der Waals surface area (Å²) >= 11 is 0. The SMILES string of the molecule is COCC(=O)N1CCC(C(=O)N[C@H](c2nc(C3CC3)no2)C(C)C)CC1. The monoisotopic (exact) mass is 364 g/mol. The van der Waals surface area contributed by atoms with Gasteiger partial charge in [-0.05, 0) is 31.6 Å². The summed E-state index contributed by atoms with van der Waals surface area (Å²) in [5, 5.41) is 7.14. The summed E-state index contributed by atoms with van der Waals surface area (Å²) in [4.78, 5) is 30.8. The highest BCUT2D eigenvalue weighted by atomic mass is 16.5. The highest BCUT2D eigenvalue weighted by Crippen LogP contribution is 2.38. The minimum absolute atomic E-state index is 0.00582. The summed E-state index contributed by atoms with van der Waals surface area (Å²) in [5.41, 5.74) is 0. The number of ether oxygens (including phenoxy) is 1. The molecule has 0 radical (unpaired) electrons.